The first-order valence-corrected chi connectivity index (χ1v) is 5.62. The monoisotopic (exact) mass is 227 g/mol. The molecule has 1 aromatic heterocycles. The fourth-order valence-electron chi connectivity index (χ4n) is 1.50. The van der Waals surface area contributed by atoms with Crippen molar-refractivity contribution in [1.82, 2.24) is 14.8 Å². The first-order chi connectivity index (χ1) is 7.54. The van der Waals surface area contributed by atoms with E-state index in [9.17, 15) is 5.11 Å². The predicted molar refractivity (Wildman–Crippen MR) is 63.2 cm³/mol. The van der Waals surface area contributed by atoms with Crippen LogP contribution in [-0.2, 0) is 13.0 Å². The zero-order valence-corrected chi connectivity index (χ0v) is 10.2. The molecule has 0 saturated carbocycles. The van der Waals surface area contributed by atoms with Crippen molar-refractivity contribution >= 4 is 5.95 Å². The molecule has 0 aliphatic carbocycles. The minimum atomic E-state index is -0.927. The average molecular weight is 227 g/mol. The van der Waals surface area contributed by atoms with E-state index in [0.29, 0.717) is 6.42 Å². The maximum Gasteiger partial charge on any atom is 0.224 e. The molecular formula is C10H21N5O. The lowest BCUT2D eigenvalue weighted by Crippen LogP contribution is -2.37. The summed E-state index contributed by atoms with van der Waals surface area (Å²) in [5, 5.41) is 21.2. The summed E-state index contributed by atoms with van der Waals surface area (Å²) >= 11 is 0. The lowest BCUT2D eigenvalue weighted by molar-refractivity contribution is 0.0666. The first-order valence-electron chi connectivity index (χ1n) is 5.62. The van der Waals surface area contributed by atoms with Gasteiger partial charge in [-0.2, -0.15) is 0 Å². The second-order valence-electron chi connectivity index (χ2n) is 4.09. The van der Waals surface area contributed by atoms with E-state index in [1.807, 2.05) is 18.4 Å². The molecule has 1 atom stereocenters. The molecule has 0 aromatic carbocycles. The van der Waals surface area contributed by atoms with E-state index < -0.39 is 5.60 Å². The Balaban J connectivity index is 2.88. The van der Waals surface area contributed by atoms with Crippen molar-refractivity contribution < 1.29 is 5.11 Å². The van der Waals surface area contributed by atoms with E-state index in [1.54, 1.807) is 6.92 Å². The van der Waals surface area contributed by atoms with Gasteiger partial charge >= 0.3 is 0 Å². The number of nitrogens with two attached hydrogens (primary N) is 1. The molecule has 6 heteroatoms. The third-order valence-electron chi connectivity index (χ3n) is 2.46. The highest BCUT2D eigenvalue weighted by Gasteiger charge is 2.23. The molecule has 0 spiro atoms. The lowest BCUT2D eigenvalue weighted by atomic mass is 10.0. The third kappa shape index (κ3) is 2.93. The van der Waals surface area contributed by atoms with Crippen LogP contribution >= 0.6 is 0 Å². The topological polar surface area (TPSA) is 89.0 Å². The zero-order chi connectivity index (χ0) is 12.2. The van der Waals surface area contributed by atoms with Gasteiger partial charge in [-0.15, -0.1) is 10.2 Å². The molecule has 0 saturated heterocycles. The number of nitrogens with one attached hydrogen (secondary N) is 1. The van der Waals surface area contributed by atoms with Crippen LogP contribution in [0.5, 0.6) is 0 Å². The van der Waals surface area contributed by atoms with Gasteiger partial charge in [0.2, 0.25) is 5.95 Å². The van der Waals surface area contributed by atoms with Gasteiger partial charge in [0.1, 0.15) is 5.82 Å². The Bertz CT molecular complexity index is 334. The number of aliphatic hydroxyl groups is 1. The van der Waals surface area contributed by atoms with E-state index in [1.165, 1.54) is 0 Å². The third-order valence-corrected chi connectivity index (χ3v) is 2.46. The number of aromatic nitrogens is 3. The summed E-state index contributed by atoms with van der Waals surface area (Å²) in [6, 6.07) is 0. The van der Waals surface area contributed by atoms with Crippen LogP contribution in [0.2, 0.25) is 0 Å². The fraction of sp³-hybridized carbons (Fsp3) is 0.800. The zero-order valence-electron chi connectivity index (χ0n) is 10.2. The molecule has 1 unspecified atom stereocenters. The van der Waals surface area contributed by atoms with Crippen molar-refractivity contribution in [2.24, 2.45) is 5.73 Å². The molecule has 0 bridgehead atoms. The van der Waals surface area contributed by atoms with Gasteiger partial charge in [0, 0.05) is 26.1 Å². The second-order valence-corrected chi connectivity index (χ2v) is 4.09. The number of hydrogen-bond acceptors (Lipinski definition) is 5. The Labute approximate surface area is 95.9 Å². The predicted octanol–water partition coefficient (Wildman–Crippen LogP) is -0.0180. The van der Waals surface area contributed by atoms with E-state index in [-0.39, 0.29) is 6.54 Å². The molecule has 0 aliphatic rings. The van der Waals surface area contributed by atoms with Gasteiger partial charge in [-0.3, -0.25) is 4.57 Å². The SMILES string of the molecule is CCNc1nnc(CC(C)(O)CN)n1CC. The standard InChI is InChI=1S/C10H21N5O/c1-4-12-9-14-13-8(15(9)5-2)6-10(3,16)7-11/h16H,4-7,11H2,1-3H3,(H,12,14). The quantitative estimate of drug-likeness (QED) is 0.635. The van der Waals surface area contributed by atoms with E-state index in [0.717, 1.165) is 24.9 Å². The van der Waals surface area contributed by atoms with E-state index >= 15 is 0 Å². The van der Waals surface area contributed by atoms with Crippen LogP contribution in [0, 0.1) is 0 Å². The van der Waals surface area contributed by atoms with Crippen molar-refractivity contribution in [3.8, 4) is 0 Å². The summed E-state index contributed by atoms with van der Waals surface area (Å²) in [7, 11) is 0. The molecule has 92 valence electrons. The van der Waals surface area contributed by atoms with Crippen LogP contribution in [0.15, 0.2) is 0 Å². The van der Waals surface area contributed by atoms with Gasteiger partial charge in [0.25, 0.3) is 0 Å². The highest BCUT2D eigenvalue weighted by atomic mass is 16.3. The van der Waals surface area contributed by atoms with Gasteiger partial charge in [0.15, 0.2) is 0 Å². The first kappa shape index (κ1) is 12.9. The van der Waals surface area contributed by atoms with Crippen molar-refractivity contribution in [2.45, 2.75) is 39.3 Å². The van der Waals surface area contributed by atoms with Crippen LogP contribution in [0.1, 0.15) is 26.6 Å². The van der Waals surface area contributed by atoms with Crippen molar-refractivity contribution in [2.75, 3.05) is 18.4 Å². The smallest absolute Gasteiger partial charge is 0.224 e. The molecule has 0 radical (unpaired) electrons. The molecule has 0 aliphatic heterocycles. The number of nitrogens with zero attached hydrogens (tertiary/aromatic N) is 3. The molecule has 16 heavy (non-hydrogen) atoms. The summed E-state index contributed by atoms with van der Waals surface area (Å²) in [6.07, 6.45) is 0.412. The maximum atomic E-state index is 9.91. The summed E-state index contributed by atoms with van der Waals surface area (Å²) in [5.41, 5.74) is 4.56. The van der Waals surface area contributed by atoms with Crippen molar-refractivity contribution in [1.29, 1.82) is 0 Å². The Morgan fingerprint density at radius 2 is 2.12 bits per heavy atom. The maximum absolute atomic E-state index is 9.91. The number of anilines is 1. The lowest BCUT2D eigenvalue weighted by Gasteiger charge is -2.20. The fourth-order valence-corrected chi connectivity index (χ4v) is 1.50. The van der Waals surface area contributed by atoms with Crippen LogP contribution < -0.4 is 11.1 Å². The van der Waals surface area contributed by atoms with Gasteiger partial charge in [-0.1, -0.05) is 0 Å². The number of hydrogen-bond donors (Lipinski definition) is 3. The molecule has 1 rings (SSSR count). The van der Waals surface area contributed by atoms with Crippen molar-refractivity contribution in [3.63, 3.8) is 0 Å². The molecule has 6 nitrogen and oxygen atoms in total. The van der Waals surface area contributed by atoms with Gasteiger partial charge in [-0.05, 0) is 20.8 Å². The minimum Gasteiger partial charge on any atom is -0.388 e. The molecule has 4 N–H and O–H groups in total. The molecular weight excluding hydrogens is 206 g/mol. The van der Waals surface area contributed by atoms with Gasteiger partial charge in [-0.25, -0.2) is 0 Å². The highest BCUT2D eigenvalue weighted by Crippen LogP contribution is 2.14. The Kier molecular flexibility index (Phi) is 4.26. The van der Waals surface area contributed by atoms with E-state index in [4.69, 9.17) is 5.73 Å². The van der Waals surface area contributed by atoms with E-state index in [2.05, 4.69) is 15.5 Å². The van der Waals surface area contributed by atoms with Crippen LogP contribution in [0.3, 0.4) is 0 Å². The van der Waals surface area contributed by atoms with Crippen LogP contribution in [-0.4, -0.2) is 38.6 Å². The summed E-state index contributed by atoms with van der Waals surface area (Å²) in [5.74, 6) is 1.50. The summed E-state index contributed by atoms with van der Waals surface area (Å²) in [4.78, 5) is 0. The summed E-state index contributed by atoms with van der Waals surface area (Å²) < 4.78 is 1.95. The molecule has 0 amide bonds. The summed E-state index contributed by atoms with van der Waals surface area (Å²) in [6.45, 7) is 7.50. The molecule has 1 aromatic rings. The molecule has 1 heterocycles. The average Bonchev–Trinajstić information content (AvgIpc) is 2.60. The van der Waals surface area contributed by atoms with Crippen LogP contribution in [0.4, 0.5) is 5.95 Å². The Morgan fingerprint density at radius 1 is 1.44 bits per heavy atom. The Morgan fingerprint density at radius 3 is 2.62 bits per heavy atom. The van der Waals surface area contributed by atoms with Gasteiger partial charge < -0.3 is 16.2 Å². The Hall–Kier alpha value is -1.14. The molecule has 0 fully saturated rings. The second kappa shape index (κ2) is 5.27. The highest BCUT2D eigenvalue weighted by molar-refractivity contribution is 5.25. The largest absolute Gasteiger partial charge is 0.388 e. The van der Waals surface area contributed by atoms with Gasteiger partial charge in [0.05, 0.1) is 5.60 Å². The van der Waals surface area contributed by atoms with Crippen LogP contribution in [0.25, 0.3) is 0 Å². The number of rotatable bonds is 6. The van der Waals surface area contributed by atoms with Crippen molar-refractivity contribution in [3.05, 3.63) is 5.82 Å². The minimum absolute atomic E-state index is 0.208. The normalized spacial score (nSPS) is 14.8.